The van der Waals surface area contributed by atoms with Crippen molar-refractivity contribution in [2.75, 3.05) is 19.8 Å². The molecule has 3 aromatic rings. The number of nitrogens with one attached hydrogen (secondary N) is 3. The molecule has 29 heteroatoms. The Morgan fingerprint density at radius 1 is 0.494 bits per heavy atom. The van der Waals surface area contributed by atoms with Crippen LogP contribution in [-0.4, -0.2) is 128 Å². The van der Waals surface area contributed by atoms with E-state index in [2.05, 4.69) is 56.5 Å². The molecule has 89 heavy (non-hydrogen) atoms. The number of phosphoric ester groups is 1. The van der Waals surface area contributed by atoms with Crippen LogP contribution in [0.4, 0.5) is 0 Å². The Labute approximate surface area is 525 Å². The highest BCUT2D eigenvalue weighted by Crippen LogP contribution is 2.60. The van der Waals surface area contributed by atoms with Gasteiger partial charge in [-0.2, -0.15) is 0 Å². The molecule has 5 unspecified atom stereocenters. The van der Waals surface area contributed by atoms with Crippen LogP contribution in [0.2, 0.25) is 0 Å². The van der Waals surface area contributed by atoms with Gasteiger partial charge in [0.1, 0.15) is 53.4 Å². The summed E-state index contributed by atoms with van der Waals surface area (Å²) in [5.41, 5.74) is -6.62. The number of aryl methyl sites for hydroxylation is 3. The average Bonchev–Trinajstić information content (AvgIpc) is 1.75. The third-order valence-electron chi connectivity index (χ3n) is 15.4. The molecule has 6 aliphatic rings. The van der Waals surface area contributed by atoms with Gasteiger partial charge in [0.2, 0.25) is 0 Å². The Bertz CT molecular complexity index is 3360. The zero-order valence-electron chi connectivity index (χ0n) is 55.7. The molecule has 0 spiro atoms. The van der Waals surface area contributed by atoms with Crippen LogP contribution in [0, 0.1) is 37.0 Å². The van der Waals surface area contributed by atoms with Crippen LogP contribution in [-0.2, 0) is 67.6 Å². The molecule has 0 amide bonds. The number of aromatic amines is 3. The van der Waals surface area contributed by atoms with E-state index in [4.69, 9.17) is 63.1 Å². The van der Waals surface area contributed by atoms with Gasteiger partial charge in [-0.05, 0) is 130 Å². The molecule has 0 saturated carbocycles. The van der Waals surface area contributed by atoms with Gasteiger partial charge in [0, 0.05) is 54.5 Å². The van der Waals surface area contributed by atoms with E-state index in [9.17, 15) is 43.1 Å². The minimum Gasteiger partial charge on any atom is -0.371 e. The summed E-state index contributed by atoms with van der Waals surface area (Å²) in [4.78, 5) is 101. The number of hydrogen-bond acceptors (Lipinski definition) is 19. The Kier molecular flexibility index (Phi) is 21.0. The van der Waals surface area contributed by atoms with E-state index in [0.717, 1.165) is 6.42 Å². The van der Waals surface area contributed by atoms with Crippen molar-refractivity contribution in [1.82, 2.24) is 28.7 Å². The van der Waals surface area contributed by atoms with E-state index in [1.54, 1.807) is 68.5 Å². The third-order valence-corrected chi connectivity index (χ3v) is 18.4. The van der Waals surface area contributed by atoms with E-state index < -0.39 is 120 Å². The first-order valence-electron chi connectivity index (χ1n) is 30.3. The summed E-state index contributed by atoms with van der Waals surface area (Å²) in [6, 6.07) is 0. The summed E-state index contributed by atoms with van der Waals surface area (Å²) >= 11 is 5.31. The van der Waals surface area contributed by atoms with Crippen LogP contribution in [0.1, 0.15) is 199 Å². The predicted octanol–water partition coefficient (Wildman–Crippen LogP) is 7.91. The number of phosphoric acid groups is 1. The summed E-state index contributed by atoms with van der Waals surface area (Å²) in [6.45, 7) is 37.7. The second-order valence-electron chi connectivity index (χ2n) is 31.2. The van der Waals surface area contributed by atoms with Crippen molar-refractivity contribution < 1.29 is 65.6 Å². The Balaban J connectivity index is 0.000000191. The van der Waals surface area contributed by atoms with Gasteiger partial charge < -0.3 is 47.5 Å². The van der Waals surface area contributed by atoms with Crippen LogP contribution in [0.15, 0.2) is 47.4 Å². The minimum atomic E-state index is -4.48. The molecule has 3 aromatic heterocycles. The van der Waals surface area contributed by atoms with E-state index >= 15 is 0 Å². The number of fused-ring (bicyclic) bond motifs is 6. The van der Waals surface area contributed by atoms with Crippen LogP contribution < -0.4 is 33.7 Å². The topological polar surface area (TPSA) is 324 Å². The zero-order chi connectivity index (χ0) is 67.0. The van der Waals surface area contributed by atoms with Gasteiger partial charge in [-0.15, -0.1) is 0 Å². The number of hydrogen-bond donors (Lipinski definition) is 5. The van der Waals surface area contributed by atoms with E-state index in [1.165, 1.54) is 26.1 Å². The van der Waals surface area contributed by atoms with Crippen LogP contribution >= 0.6 is 14.5 Å². The molecule has 26 nitrogen and oxygen atoms in total. The molecule has 9 heterocycles. The molecule has 5 N–H and O–H groups in total. The molecule has 6 fully saturated rings. The first-order chi connectivity index (χ1) is 40.4. The predicted molar refractivity (Wildman–Crippen MR) is 334 cm³/mol. The van der Waals surface area contributed by atoms with Crippen molar-refractivity contribution in [3.63, 3.8) is 0 Å². The average molecular weight is 1320 g/mol. The lowest BCUT2D eigenvalue weighted by Gasteiger charge is -2.44. The van der Waals surface area contributed by atoms with Crippen molar-refractivity contribution in [2.45, 2.75) is 273 Å². The van der Waals surface area contributed by atoms with Gasteiger partial charge in [0.25, 0.3) is 16.7 Å². The number of H-pyrrole nitrogens is 3. The summed E-state index contributed by atoms with van der Waals surface area (Å²) in [7, 11) is -4.48. The molecule has 0 radical (unpaired) electrons. The van der Waals surface area contributed by atoms with E-state index in [0.29, 0.717) is 68.6 Å². The fraction of sp³-hybridized carbons (Fsp3) is 0.800. The lowest BCUT2D eigenvalue weighted by molar-refractivity contribution is -0.195. The van der Waals surface area contributed by atoms with Crippen LogP contribution in [0.3, 0.4) is 0 Å². The zero-order valence-corrected chi connectivity index (χ0v) is 58.3. The van der Waals surface area contributed by atoms with Crippen molar-refractivity contribution in [3.05, 3.63) is 97.8 Å². The molecular formula is C60H98N6O20P2S. The molecule has 6 bridgehead atoms. The number of ether oxygens (including phenoxy) is 7. The number of aromatic nitrogens is 6. The molecule has 0 aromatic carbocycles. The highest BCUT2D eigenvalue weighted by molar-refractivity contribution is 8.07. The first-order valence-corrected chi connectivity index (χ1v) is 34.4. The van der Waals surface area contributed by atoms with Crippen LogP contribution in [0.25, 0.3) is 0 Å². The highest BCUT2D eigenvalue weighted by Gasteiger charge is 2.65. The SMILES string of the molecule is Cc1cn([C@@H]2O[C@@]3(CC(C)(C)C)CCOC2[C@H]3OC(C)(C)C)c(=O)[nH]c1=O.Cc1cn([C@@H]2O[C@@]3(CC(C)(C)C)CCOC2[C@H]3OP(=O)(O)OC(C)(C)C)c(=O)[nH]c1=O.Cc1cn([C@@H]2O[C@@]3(CC(C)(C)C)CCOC2[C@H]3OP(O)(=S)OC(C)(C)C)c(=O)[nH]c1=O. The van der Waals surface area contributed by atoms with Gasteiger partial charge >= 0.3 is 31.6 Å². The smallest absolute Gasteiger partial charge is 0.371 e. The number of rotatable bonds is 13. The van der Waals surface area contributed by atoms with Crippen molar-refractivity contribution in [1.29, 1.82) is 0 Å². The van der Waals surface area contributed by atoms with E-state index in [1.807, 2.05) is 41.5 Å². The van der Waals surface area contributed by atoms with Gasteiger partial charge in [-0.3, -0.25) is 56.6 Å². The molecule has 9 rings (SSSR count). The lowest BCUT2D eigenvalue weighted by atomic mass is 9.76. The molecule has 6 saturated heterocycles. The molecular weight excluding hydrogens is 1220 g/mol. The van der Waals surface area contributed by atoms with E-state index in [-0.39, 0.29) is 33.5 Å². The third kappa shape index (κ3) is 17.8. The normalized spacial score (nSPS) is 31.0. The van der Waals surface area contributed by atoms with Crippen LogP contribution in [0.5, 0.6) is 0 Å². The molecule has 6 aliphatic heterocycles. The maximum atomic E-state index is 12.8. The molecule has 0 aliphatic carbocycles. The van der Waals surface area contributed by atoms with Gasteiger partial charge in [0.05, 0.1) is 36.6 Å². The molecule has 504 valence electrons. The first kappa shape index (κ1) is 72.8. The van der Waals surface area contributed by atoms with Crippen molar-refractivity contribution >= 4 is 26.3 Å². The monoisotopic (exact) mass is 1320 g/mol. The van der Waals surface area contributed by atoms with Gasteiger partial charge in [-0.1, -0.05) is 62.3 Å². The minimum absolute atomic E-state index is 0.0160. The maximum Gasteiger partial charge on any atom is 0.473 e. The standard InChI is InChI=1S/C20H33N2O8P.C20H33N2O7PS.C20H32N2O5/c1-12-10-22(17(24)21-15(12)23)16-13-14(29-31(25,26)30-19(5,6)7)20(28-16,8-9-27-13)11-18(2,3)4;1-12-10-22(17(24)21-15(12)23)16-13-14(28-30(25,31)29-19(5,6)7)20(27-16,8-9-26-13)11-18(2,3)4;1-12-10-22(17(24)21-15(12)23)16-13-14(26-19(5,6)7)20(27-16,8-9-25-13)11-18(2,3)4/h10,13-14,16H,8-9,11H2,1-7H3,(H,25,26)(H,21,23,24);10,13-14,16H,8-9,11H2,1-7H3,(H,25,31)(H,21,23,24);10,13-14,16H,8-9,11H2,1-7H3,(H,21,23,24)/t13?,14-,16-,20-;13?,14-,16-,20-,30?;13?,14-,16-,20-/m111/s1. The Hall–Kier alpha value is -3.60. The number of nitrogens with zero attached hydrogens (tertiary/aromatic N) is 3. The summed E-state index contributed by atoms with van der Waals surface area (Å²) < 4.78 is 83.4. The summed E-state index contributed by atoms with van der Waals surface area (Å²) in [5.74, 6) is 0. The Morgan fingerprint density at radius 2 is 0.787 bits per heavy atom. The maximum absolute atomic E-state index is 12.8. The van der Waals surface area contributed by atoms with Crippen molar-refractivity contribution in [2.24, 2.45) is 16.2 Å². The lowest BCUT2D eigenvalue weighted by Crippen LogP contribution is -2.54. The Morgan fingerprint density at radius 3 is 1.08 bits per heavy atom. The second-order valence-corrected chi connectivity index (χ2v) is 35.2. The van der Waals surface area contributed by atoms with Gasteiger partial charge in [0.15, 0.2) is 18.7 Å². The van der Waals surface area contributed by atoms with Gasteiger partial charge in [-0.25, -0.2) is 18.9 Å². The molecule has 14 atom stereocenters. The van der Waals surface area contributed by atoms with Crippen molar-refractivity contribution in [3.8, 4) is 0 Å². The quantitative estimate of drug-likeness (QED) is 0.101. The fourth-order valence-electron chi connectivity index (χ4n) is 12.9. The highest BCUT2D eigenvalue weighted by atomic mass is 32.5. The summed E-state index contributed by atoms with van der Waals surface area (Å²) in [5, 5.41) is 0. The second kappa shape index (κ2) is 25.6. The summed E-state index contributed by atoms with van der Waals surface area (Å²) in [6.07, 6.45) is 1.51. The largest absolute Gasteiger partial charge is 0.473 e. The fourth-order valence-corrected chi connectivity index (χ4v) is 16.5.